The molecule has 0 spiro atoms. The largest absolute Gasteiger partial charge is 0.472 e. The van der Waals surface area contributed by atoms with Crippen LogP contribution in [0.5, 0.6) is 0 Å². The predicted octanol–water partition coefficient (Wildman–Crippen LogP) is 20.1. The van der Waals surface area contributed by atoms with Crippen LogP contribution in [0.4, 0.5) is 0 Å². The van der Waals surface area contributed by atoms with E-state index in [1.54, 1.807) is 0 Å². The van der Waals surface area contributed by atoms with Crippen LogP contribution in [0.25, 0.3) is 0 Å². The number of allylic oxidation sites excluding steroid dienone is 26. The Morgan fingerprint density at radius 1 is 0.380 bits per heavy atom. The average molecular weight is 1110 g/mol. The van der Waals surface area contributed by atoms with Gasteiger partial charge < -0.3 is 20.1 Å². The number of carbonyl (C=O) groups excluding carboxylic acids is 2. The zero-order valence-electron chi connectivity index (χ0n) is 49.8. The first-order valence-electron chi connectivity index (χ1n) is 31.0. The van der Waals surface area contributed by atoms with Crippen LogP contribution in [0.1, 0.15) is 232 Å². The summed E-state index contributed by atoms with van der Waals surface area (Å²) in [5.41, 5.74) is 5.38. The van der Waals surface area contributed by atoms with E-state index in [2.05, 4.69) is 166 Å². The molecule has 9 nitrogen and oxygen atoms in total. The number of carbonyl (C=O) groups is 2. The fourth-order valence-electron chi connectivity index (χ4n) is 7.92. The molecule has 0 aromatic heterocycles. The first-order chi connectivity index (χ1) is 38.8. The Kier molecular flexibility index (Phi) is 59.3. The molecule has 0 amide bonds. The van der Waals surface area contributed by atoms with Crippen LogP contribution in [0, 0.1) is 0 Å². The molecule has 2 unspecified atom stereocenters. The molecule has 0 aromatic carbocycles. The van der Waals surface area contributed by atoms with Gasteiger partial charge in [0.05, 0.1) is 13.2 Å². The van der Waals surface area contributed by atoms with Gasteiger partial charge in [-0.3, -0.25) is 18.6 Å². The summed E-state index contributed by atoms with van der Waals surface area (Å²) in [5.74, 6) is -0.906. The van der Waals surface area contributed by atoms with Crippen molar-refractivity contribution in [1.82, 2.24) is 0 Å². The first-order valence-corrected chi connectivity index (χ1v) is 32.5. The molecule has 3 N–H and O–H groups in total. The number of phosphoric ester groups is 1. The summed E-state index contributed by atoms with van der Waals surface area (Å²) in [4.78, 5) is 35.2. The second kappa shape index (κ2) is 62.8. The summed E-state index contributed by atoms with van der Waals surface area (Å²) in [6, 6.07) is 0. The fraction of sp³-hybridized carbons (Fsp3) is 0.594. The van der Waals surface area contributed by atoms with Crippen molar-refractivity contribution in [2.75, 3.05) is 26.4 Å². The summed E-state index contributed by atoms with van der Waals surface area (Å²) in [6.45, 7) is 3.44. The van der Waals surface area contributed by atoms with Gasteiger partial charge in [-0.1, -0.05) is 262 Å². The molecule has 2 atom stereocenters. The van der Waals surface area contributed by atoms with Gasteiger partial charge in [-0.2, -0.15) is 0 Å². The Morgan fingerprint density at radius 2 is 0.671 bits per heavy atom. The van der Waals surface area contributed by atoms with E-state index in [0.717, 1.165) is 109 Å². The van der Waals surface area contributed by atoms with E-state index in [1.807, 2.05) is 6.08 Å². The van der Waals surface area contributed by atoms with Gasteiger partial charge >= 0.3 is 19.8 Å². The van der Waals surface area contributed by atoms with Crippen LogP contribution in [0.15, 0.2) is 158 Å². The highest BCUT2D eigenvalue weighted by Crippen LogP contribution is 2.43. The van der Waals surface area contributed by atoms with Crippen molar-refractivity contribution in [2.24, 2.45) is 5.73 Å². The third-order valence-electron chi connectivity index (χ3n) is 12.4. The minimum atomic E-state index is -4.42. The van der Waals surface area contributed by atoms with Gasteiger partial charge in [0.1, 0.15) is 6.61 Å². The van der Waals surface area contributed by atoms with E-state index in [-0.39, 0.29) is 32.6 Å². The second-order valence-corrected chi connectivity index (χ2v) is 21.3. The molecule has 0 aliphatic rings. The number of esters is 2. The van der Waals surface area contributed by atoms with Crippen LogP contribution < -0.4 is 5.73 Å². The predicted molar refractivity (Wildman–Crippen MR) is 339 cm³/mol. The monoisotopic (exact) mass is 1110 g/mol. The topological polar surface area (TPSA) is 134 Å². The molecule has 0 radical (unpaired) electrons. The average Bonchev–Trinajstić information content (AvgIpc) is 3.44. The Labute approximate surface area is 483 Å². The second-order valence-electron chi connectivity index (χ2n) is 19.8. The van der Waals surface area contributed by atoms with Crippen molar-refractivity contribution in [2.45, 2.75) is 238 Å². The van der Waals surface area contributed by atoms with Crippen LogP contribution in [0.3, 0.4) is 0 Å². The lowest BCUT2D eigenvalue weighted by Crippen LogP contribution is -2.29. The number of nitrogens with two attached hydrogens (primary N) is 1. The Morgan fingerprint density at radius 3 is 1.01 bits per heavy atom. The minimum absolute atomic E-state index is 0.0361. The molecular weight excluding hydrogens is 1000 g/mol. The third kappa shape index (κ3) is 62.7. The summed E-state index contributed by atoms with van der Waals surface area (Å²) in [7, 11) is -4.42. The summed E-state index contributed by atoms with van der Waals surface area (Å²) < 4.78 is 33.0. The molecule has 79 heavy (non-hydrogen) atoms. The smallest absolute Gasteiger partial charge is 0.462 e. The Balaban J connectivity index is 4.08. The van der Waals surface area contributed by atoms with Crippen LogP contribution >= 0.6 is 7.82 Å². The summed E-state index contributed by atoms with van der Waals surface area (Å²) >= 11 is 0. The number of unbranched alkanes of at least 4 members (excludes halogenated alkanes) is 17. The molecule has 0 fully saturated rings. The van der Waals surface area contributed by atoms with E-state index in [9.17, 15) is 19.0 Å². The van der Waals surface area contributed by atoms with E-state index in [4.69, 9.17) is 24.3 Å². The lowest BCUT2D eigenvalue weighted by atomic mass is 10.0. The molecular formula is C69H112NO8P. The molecule has 446 valence electrons. The zero-order chi connectivity index (χ0) is 57.3. The number of hydrogen-bond acceptors (Lipinski definition) is 8. The fourth-order valence-corrected chi connectivity index (χ4v) is 8.69. The first kappa shape index (κ1) is 74.6. The molecule has 0 aromatic rings. The van der Waals surface area contributed by atoms with E-state index < -0.39 is 32.5 Å². The van der Waals surface area contributed by atoms with Crippen molar-refractivity contribution >= 4 is 19.8 Å². The Bertz CT molecular complexity index is 1850. The van der Waals surface area contributed by atoms with Crippen molar-refractivity contribution in [1.29, 1.82) is 0 Å². The minimum Gasteiger partial charge on any atom is -0.462 e. The van der Waals surface area contributed by atoms with Crippen molar-refractivity contribution in [3.05, 3.63) is 158 Å². The van der Waals surface area contributed by atoms with Crippen LogP contribution in [-0.4, -0.2) is 49.3 Å². The lowest BCUT2D eigenvalue weighted by molar-refractivity contribution is -0.161. The lowest BCUT2D eigenvalue weighted by Gasteiger charge is -2.19. The standard InChI is InChI=1S/C69H112NO8P/c1-3-5-7-9-11-13-15-17-19-21-23-25-27-29-31-33-35-37-39-41-43-45-47-49-51-53-55-57-59-61-68(71)75-65-67(66-77-79(73,74)76-64-63-70)78-69(72)62-60-58-56-54-52-50-48-46-44-42-40-38-36-34-32-30-28-26-24-22-20-18-16-14-12-10-8-6-4-2/h5-8,11-14,17-20,23-26,30,32,36,38,42,44,48,50,54,56,67H,3-4,9-10,15-16,21-22,27-29,31,33-35,37,39-41,43,45-47,49,51-53,55,57-66,70H2,1-2H3,(H,73,74)/b7-5-,8-6-,13-11-,14-12-,19-17-,20-18-,25-23-,26-24-,32-30-,38-36-,44-42-,50-48-,56-54-. The van der Waals surface area contributed by atoms with Crippen LogP contribution in [-0.2, 0) is 32.7 Å². The summed E-state index contributed by atoms with van der Waals surface area (Å²) in [5, 5.41) is 0. The van der Waals surface area contributed by atoms with E-state index in [0.29, 0.717) is 12.8 Å². The van der Waals surface area contributed by atoms with E-state index in [1.165, 1.54) is 83.5 Å². The molecule has 0 aliphatic heterocycles. The zero-order valence-corrected chi connectivity index (χ0v) is 50.7. The van der Waals surface area contributed by atoms with Gasteiger partial charge in [-0.05, 0) is 116 Å². The van der Waals surface area contributed by atoms with Crippen LogP contribution in [0.2, 0.25) is 0 Å². The number of phosphoric acid groups is 1. The molecule has 0 saturated carbocycles. The highest BCUT2D eigenvalue weighted by atomic mass is 31.2. The molecule has 0 aliphatic carbocycles. The quantitative estimate of drug-likeness (QED) is 0.0264. The third-order valence-corrected chi connectivity index (χ3v) is 13.4. The van der Waals surface area contributed by atoms with Gasteiger partial charge in [0.25, 0.3) is 0 Å². The van der Waals surface area contributed by atoms with Gasteiger partial charge in [0, 0.05) is 19.4 Å². The normalized spacial score (nSPS) is 14.1. The van der Waals surface area contributed by atoms with Crippen molar-refractivity contribution < 1.29 is 37.6 Å². The van der Waals surface area contributed by atoms with Gasteiger partial charge in [0.2, 0.25) is 0 Å². The van der Waals surface area contributed by atoms with Gasteiger partial charge in [0.15, 0.2) is 6.10 Å². The number of hydrogen-bond donors (Lipinski definition) is 2. The maximum absolute atomic E-state index is 12.7. The number of rotatable bonds is 56. The van der Waals surface area contributed by atoms with Crippen molar-refractivity contribution in [3.63, 3.8) is 0 Å². The van der Waals surface area contributed by atoms with Crippen molar-refractivity contribution in [3.8, 4) is 0 Å². The maximum Gasteiger partial charge on any atom is 0.472 e. The molecule has 10 heteroatoms. The van der Waals surface area contributed by atoms with Gasteiger partial charge in [-0.15, -0.1) is 0 Å². The maximum atomic E-state index is 12.7. The highest BCUT2D eigenvalue weighted by molar-refractivity contribution is 7.47. The molecule has 0 saturated heterocycles. The van der Waals surface area contributed by atoms with E-state index >= 15 is 0 Å². The number of ether oxygens (including phenoxy) is 2. The molecule has 0 heterocycles. The molecule has 0 rings (SSSR count). The summed E-state index contributed by atoms with van der Waals surface area (Å²) in [6.07, 6.45) is 91.7. The molecule has 0 bridgehead atoms. The Hall–Kier alpha value is -4.37. The highest BCUT2D eigenvalue weighted by Gasteiger charge is 2.26. The SMILES string of the molecule is CC/C=C\C/C=C\C/C=C\C/C=C\C/C=C\C/C=C\C/C=C\C/C=C\C/C=C\CCCC(=O)OC(COC(=O)CCCCCCCCCCCCCCCCCC/C=C\C/C=C\C/C=C\C/C=C\CC)COP(=O)(O)OCCN. The van der Waals surface area contributed by atoms with Gasteiger partial charge in [-0.25, -0.2) is 4.57 Å².